The second kappa shape index (κ2) is 10.8. The lowest BCUT2D eigenvalue weighted by molar-refractivity contribution is -0.147. The quantitative estimate of drug-likeness (QED) is 0.434. The molecule has 0 fully saturated rings. The van der Waals surface area contributed by atoms with Gasteiger partial charge in [0.15, 0.2) is 5.78 Å². The molecule has 0 aromatic heterocycles. The lowest BCUT2D eigenvalue weighted by Crippen LogP contribution is -2.52. The molecule has 9 heteroatoms. The van der Waals surface area contributed by atoms with E-state index in [0.29, 0.717) is 6.54 Å². The minimum absolute atomic E-state index is 0. The van der Waals surface area contributed by atoms with E-state index in [1.807, 2.05) is 24.3 Å². The molecule has 1 aliphatic heterocycles. The number of fused-ring (bicyclic) bond motifs is 1. The number of ketones is 1. The van der Waals surface area contributed by atoms with Crippen molar-refractivity contribution in [2.24, 2.45) is 11.8 Å². The molecule has 2 rings (SSSR count). The van der Waals surface area contributed by atoms with Gasteiger partial charge in [0.05, 0.1) is 12.0 Å². The average Bonchev–Trinajstić information content (AvgIpc) is 2.60. The average molecular weight is 377 g/mol. The summed E-state index contributed by atoms with van der Waals surface area (Å²) in [6.07, 6.45) is 0.834. The second-order valence-electron chi connectivity index (χ2n) is 6.64. The summed E-state index contributed by atoms with van der Waals surface area (Å²) in [5.41, 5.74) is 2.00. The molecule has 1 heterocycles. The Labute approximate surface area is 159 Å². The summed E-state index contributed by atoms with van der Waals surface area (Å²) in [6, 6.07) is 5.92. The molecular formula is C18H26BN2O6. The van der Waals surface area contributed by atoms with Crippen LogP contribution in [0.1, 0.15) is 37.9 Å². The molecule has 1 radical (unpaired) electrons. The van der Waals surface area contributed by atoms with E-state index in [-0.39, 0.29) is 19.4 Å². The van der Waals surface area contributed by atoms with E-state index in [1.165, 1.54) is 6.92 Å². The molecule has 3 atom stereocenters. The summed E-state index contributed by atoms with van der Waals surface area (Å²) in [5.74, 6) is -2.88. The number of benzene rings is 1. The van der Waals surface area contributed by atoms with Gasteiger partial charge in [0.1, 0.15) is 6.04 Å². The third kappa shape index (κ3) is 6.16. The van der Waals surface area contributed by atoms with Crippen molar-refractivity contribution in [1.29, 1.82) is 0 Å². The van der Waals surface area contributed by atoms with Crippen molar-refractivity contribution < 1.29 is 29.5 Å². The molecule has 1 aromatic rings. The van der Waals surface area contributed by atoms with Crippen LogP contribution in [0.3, 0.4) is 0 Å². The molecule has 0 aliphatic carbocycles. The Hall–Kier alpha value is -2.23. The van der Waals surface area contributed by atoms with Gasteiger partial charge in [-0.25, -0.2) is 4.79 Å². The lowest BCUT2D eigenvalue weighted by Gasteiger charge is -2.33. The molecule has 147 valence electrons. The van der Waals surface area contributed by atoms with Gasteiger partial charge in [-0.1, -0.05) is 38.1 Å². The van der Waals surface area contributed by atoms with Crippen molar-refractivity contribution in [2.75, 3.05) is 6.54 Å². The number of hydrogen-bond acceptors (Lipinski definition) is 6. The van der Waals surface area contributed by atoms with Crippen molar-refractivity contribution in [3.8, 4) is 0 Å². The van der Waals surface area contributed by atoms with Crippen LogP contribution < -0.4 is 10.6 Å². The molecule has 2 unspecified atom stereocenters. The first-order valence-corrected chi connectivity index (χ1v) is 8.69. The first kappa shape index (κ1) is 22.8. The van der Waals surface area contributed by atoms with Crippen molar-refractivity contribution in [3.63, 3.8) is 0 Å². The topological polar surface area (TPSA) is 136 Å². The van der Waals surface area contributed by atoms with Gasteiger partial charge in [-0.05, 0) is 23.5 Å². The molecule has 27 heavy (non-hydrogen) atoms. The first-order chi connectivity index (χ1) is 12.7. The highest BCUT2D eigenvalue weighted by molar-refractivity contribution is 6.13. The molecular weight excluding hydrogens is 351 g/mol. The van der Waals surface area contributed by atoms with Crippen LogP contribution >= 0.6 is 0 Å². The van der Waals surface area contributed by atoms with Gasteiger partial charge in [-0.3, -0.25) is 9.59 Å². The fourth-order valence-corrected chi connectivity index (χ4v) is 3.35. The van der Waals surface area contributed by atoms with Crippen LogP contribution in [0.5, 0.6) is 0 Å². The number of carbonyl (C=O) groups is 3. The zero-order valence-electron chi connectivity index (χ0n) is 15.7. The minimum atomic E-state index is -1.23. The fourth-order valence-electron chi connectivity index (χ4n) is 3.35. The number of hydrogen-bond donors (Lipinski definition) is 5. The molecule has 0 saturated carbocycles. The Bertz CT molecular complexity index is 667. The van der Waals surface area contributed by atoms with E-state index in [9.17, 15) is 19.5 Å². The number of amides is 1. The minimum Gasteiger partial charge on any atom is -0.480 e. The fraction of sp³-hybridized carbons (Fsp3) is 0.500. The molecule has 0 spiro atoms. The number of aliphatic carboxylic acids is 1. The van der Waals surface area contributed by atoms with Crippen molar-refractivity contribution in [1.82, 2.24) is 10.6 Å². The summed E-state index contributed by atoms with van der Waals surface area (Å²) >= 11 is 0. The SMILES string of the molecule is CC(=O)N[C@H](C(=O)O)C(C(=O)C1NCCc2ccccc21)C(C)C.O[B]O. The van der Waals surface area contributed by atoms with Crippen molar-refractivity contribution in [2.45, 2.75) is 39.3 Å². The first-order valence-electron chi connectivity index (χ1n) is 8.69. The zero-order valence-corrected chi connectivity index (χ0v) is 15.7. The van der Waals surface area contributed by atoms with Crippen molar-refractivity contribution in [3.05, 3.63) is 35.4 Å². The van der Waals surface area contributed by atoms with Gasteiger partial charge in [0.25, 0.3) is 0 Å². The monoisotopic (exact) mass is 377 g/mol. The number of nitrogens with one attached hydrogen (secondary N) is 2. The van der Waals surface area contributed by atoms with Crippen LogP contribution in [0.2, 0.25) is 0 Å². The number of rotatable bonds is 6. The van der Waals surface area contributed by atoms with E-state index in [2.05, 4.69) is 10.6 Å². The molecule has 1 amide bonds. The van der Waals surface area contributed by atoms with Crippen LogP contribution in [0.4, 0.5) is 0 Å². The summed E-state index contributed by atoms with van der Waals surface area (Å²) in [6.45, 7) is 5.52. The van der Waals surface area contributed by atoms with E-state index >= 15 is 0 Å². The van der Waals surface area contributed by atoms with Gasteiger partial charge >= 0.3 is 13.7 Å². The van der Waals surface area contributed by atoms with Crippen LogP contribution in [0, 0.1) is 11.8 Å². The normalized spacial score (nSPS) is 17.6. The molecule has 1 aliphatic rings. The molecule has 1 aromatic carbocycles. The summed E-state index contributed by atoms with van der Waals surface area (Å²) in [4.78, 5) is 36.2. The number of carbonyl (C=O) groups excluding carboxylic acids is 2. The smallest absolute Gasteiger partial charge is 0.480 e. The van der Waals surface area contributed by atoms with Gasteiger partial charge < -0.3 is 25.8 Å². The van der Waals surface area contributed by atoms with E-state index < -0.39 is 29.9 Å². The maximum absolute atomic E-state index is 13.2. The lowest BCUT2D eigenvalue weighted by atomic mass is 9.78. The Balaban J connectivity index is 0.00000114. The van der Waals surface area contributed by atoms with E-state index in [1.54, 1.807) is 13.8 Å². The van der Waals surface area contributed by atoms with Crippen LogP contribution in [0.15, 0.2) is 24.3 Å². The predicted molar refractivity (Wildman–Crippen MR) is 99.7 cm³/mol. The Morgan fingerprint density at radius 3 is 2.33 bits per heavy atom. The summed E-state index contributed by atoms with van der Waals surface area (Å²) in [5, 5.41) is 29.1. The van der Waals surface area contributed by atoms with Crippen LogP contribution in [-0.4, -0.2) is 53.1 Å². The molecule has 0 saturated heterocycles. The number of carboxylic acids is 1. The van der Waals surface area contributed by atoms with Gasteiger partial charge in [-0.15, -0.1) is 0 Å². The number of Topliss-reactive ketones (excluding diaryl/α,β-unsaturated/α-hetero) is 1. The highest BCUT2D eigenvalue weighted by Crippen LogP contribution is 2.29. The summed E-state index contributed by atoms with van der Waals surface area (Å²) in [7, 11) is 0. The maximum atomic E-state index is 13.2. The summed E-state index contributed by atoms with van der Waals surface area (Å²) < 4.78 is 0. The standard InChI is InChI=1S/C18H24N2O4.BH2O2/c1-10(2)14(16(18(23)24)20-11(3)21)17(22)15-13-7-5-4-6-12(13)8-9-19-15;2-1-3/h4-7,10,14-16,19H,8-9H2,1-3H3,(H,20,21)(H,23,24);2-3H/t14?,15?,16-;/m0./s1. The largest absolute Gasteiger partial charge is 0.482 e. The molecule has 5 N–H and O–H groups in total. The van der Waals surface area contributed by atoms with Gasteiger partial charge in [-0.2, -0.15) is 0 Å². The number of carboxylic acid groups (broad SMARTS) is 1. The Morgan fingerprint density at radius 2 is 1.81 bits per heavy atom. The Kier molecular flexibility index (Phi) is 9.13. The molecule has 0 bridgehead atoms. The highest BCUT2D eigenvalue weighted by atomic mass is 16.4. The predicted octanol–water partition coefficient (Wildman–Crippen LogP) is -0.191. The highest BCUT2D eigenvalue weighted by Gasteiger charge is 2.41. The van der Waals surface area contributed by atoms with Crippen LogP contribution in [0.25, 0.3) is 0 Å². The van der Waals surface area contributed by atoms with Gasteiger partial charge in [0.2, 0.25) is 5.91 Å². The third-order valence-corrected chi connectivity index (χ3v) is 4.42. The van der Waals surface area contributed by atoms with Gasteiger partial charge in [0, 0.05) is 13.5 Å². The Morgan fingerprint density at radius 1 is 1.22 bits per heavy atom. The van der Waals surface area contributed by atoms with E-state index in [4.69, 9.17) is 10.0 Å². The van der Waals surface area contributed by atoms with E-state index in [0.717, 1.165) is 17.5 Å². The zero-order chi connectivity index (χ0) is 20.6. The molecule has 8 nitrogen and oxygen atoms in total. The van der Waals surface area contributed by atoms with Crippen molar-refractivity contribution >= 4 is 25.3 Å². The second-order valence-corrected chi connectivity index (χ2v) is 6.64. The maximum Gasteiger partial charge on any atom is 0.482 e. The van der Waals surface area contributed by atoms with Crippen LogP contribution in [-0.2, 0) is 20.8 Å². The third-order valence-electron chi connectivity index (χ3n) is 4.42.